The summed E-state index contributed by atoms with van der Waals surface area (Å²) in [6, 6.07) is 0. The van der Waals surface area contributed by atoms with Gasteiger partial charge in [-0.3, -0.25) is 19.1 Å². The average molecular weight is 356 g/mol. The molecule has 0 aliphatic carbocycles. The molecule has 4 atom stereocenters. The summed E-state index contributed by atoms with van der Waals surface area (Å²) in [4.78, 5) is 30.0. The van der Waals surface area contributed by atoms with Crippen LogP contribution in [0.25, 0.3) is 10.3 Å². The van der Waals surface area contributed by atoms with Gasteiger partial charge < -0.3 is 20.7 Å². The average Bonchev–Trinajstić information content (AvgIpc) is 3.05. The SMILES string of the molecule is CCCCC(O)[C@@H]1C[C@@H](O)[C@H](n2c(=O)sc3c(=O)[nH]c(N)nc32)O1. The molecule has 1 aliphatic rings. The maximum absolute atomic E-state index is 12.3. The second kappa shape index (κ2) is 6.63. The minimum atomic E-state index is -0.999. The van der Waals surface area contributed by atoms with E-state index in [4.69, 9.17) is 10.5 Å². The molecule has 24 heavy (non-hydrogen) atoms. The molecule has 0 aromatic carbocycles. The number of aliphatic hydroxyl groups excluding tert-OH is 2. The van der Waals surface area contributed by atoms with Crippen molar-refractivity contribution in [2.75, 3.05) is 5.73 Å². The molecule has 1 aliphatic heterocycles. The van der Waals surface area contributed by atoms with E-state index in [0.717, 1.165) is 28.7 Å². The normalized spacial score (nSPS) is 25.4. The van der Waals surface area contributed by atoms with E-state index < -0.39 is 35.0 Å². The van der Waals surface area contributed by atoms with Crippen LogP contribution in [-0.2, 0) is 4.74 Å². The van der Waals surface area contributed by atoms with Gasteiger partial charge in [0.2, 0.25) is 5.95 Å². The van der Waals surface area contributed by atoms with E-state index >= 15 is 0 Å². The van der Waals surface area contributed by atoms with Crippen molar-refractivity contribution in [3.63, 3.8) is 0 Å². The molecule has 0 amide bonds. The predicted octanol–water partition coefficient (Wildman–Crippen LogP) is -0.0720. The first-order chi connectivity index (χ1) is 11.4. The van der Waals surface area contributed by atoms with Gasteiger partial charge in [0.05, 0.1) is 12.2 Å². The summed E-state index contributed by atoms with van der Waals surface area (Å²) in [5.74, 6) is -0.119. The number of nitrogen functional groups attached to an aromatic ring is 1. The lowest BCUT2D eigenvalue weighted by Gasteiger charge is -2.19. The Morgan fingerprint density at radius 1 is 1.54 bits per heavy atom. The van der Waals surface area contributed by atoms with Gasteiger partial charge in [0, 0.05) is 6.42 Å². The maximum atomic E-state index is 12.3. The Bertz CT molecular complexity index is 844. The lowest BCUT2D eigenvalue weighted by Crippen LogP contribution is -2.28. The fourth-order valence-electron chi connectivity index (χ4n) is 2.93. The smallest absolute Gasteiger partial charge is 0.311 e. The molecule has 1 saturated heterocycles. The molecule has 0 spiro atoms. The van der Waals surface area contributed by atoms with Crippen LogP contribution in [-0.4, -0.2) is 43.1 Å². The fourth-order valence-corrected chi connectivity index (χ4v) is 3.77. The van der Waals surface area contributed by atoms with Crippen LogP contribution in [0.4, 0.5) is 5.95 Å². The van der Waals surface area contributed by atoms with Gasteiger partial charge in [-0.1, -0.05) is 31.1 Å². The number of anilines is 1. The molecule has 5 N–H and O–H groups in total. The van der Waals surface area contributed by atoms with E-state index in [-0.39, 0.29) is 22.7 Å². The highest BCUT2D eigenvalue weighted by Gasteiger charge is 2.40. The zero-order valence-electron chi connectivity index (χ0n) is 13.1. The summed E-state index contributed by atoms with van der Waals surface area (Å²) in [5, 5.41) is 20.5. The van der Waals surface area contributed by atoms with Crippen LogP contribution in [0.15, 0.2) is 9.59 Å². The van der Waals surface area contributed by atoms with Crippen molar-refractivity contribution in [2.24, 2.45) is 0 Å². The number of nitrogens with one attached hydrogen (secondary N) is 1. The van der Waals surface area contributed by atoms with Gasteiger partial charge in [-0.2, -0.15) is 4.98 Å². The molecule has 132 valence electrons. The molecule has 10 heteroatoms. The van der Waals surface area contributed by atoms with Crippen LogP contribution in [0.1, 0.15) is 38.8 Å². The van der Waals surface area contributed by atoms with E-state index in [1.165, 1.54) is 0 Å². The molecular formula is C14H20N4O5S. The second-order valence-corrected chi connectivity index (χ2v) is 6.88. The molecule has 3 heterocycles. The molecular weight excluding hydrogens is 336 g/mol. The monoisotopic (exact) mass is 356 g/mol. The van der Waals surface area contributed by atoms with Gasteiger partial charge in [-0.25, -0.2) is 0 Å². The van der Waals surface area contributed by atoms with Gasteiger partial charge in [-0.05, 0) is 6.42 Å². The number of H-pyrrole nitrogens is 1. The Balaban J connectivity index is 1.95. The zero-order valence-corrected chi connectivity index (χ0v) is 14.0. The summed E-state index contributed by atoms with van der Waals surface area (Å²) in [6.07, 6.45) is -0.718. The number of rotatable bonds is 5. The summed E-state index contributed by atoms with van der Waals surface area (Å²) in [7, 11) is 0. The molecule has 1 fully saturated rings. The number of ether oxygens (including phenoxy) is 1. The highest BCUT2D eigenvalue weighted by Crippen LogP contribution is 2.33. The van der Waals surface area contributed by atoms with Gasteiger partial charge in [0.25, 0.3) is 5.56 Å². The number of aromatic amines is 1. The number of unbranched alkanes of at least 4 members (excludes halogenated alkanes) is 1. The van der Waals surface area contributed by atoms with E-state index in [9.17, 15) is 19.8 Å². The fraction of sp³-hybridized carbons (Fsp3) is 0.643. The van der Waals surface area contributed by atoms with Crippen molar-refractivity contribution < 1.29 is 14.9 Å². The van der Waals surface area contributed by atoms with Gasteiger partial charge in [0.1, 0.15) is 10.8 Å². The van der Waals surface area contributed by atoms with Crippen LogP contribution in [0.2, 0.25) is 0 Å². The Labute approximate surface area is 140 Å². The van der Waals surface area contributed by atoms with E-state index in [1.54, 1.807) is 0 Å². The van der Waals surface area contributed by atoms with Crippen molar-refractivity contribution in [3.05, 3.63) is 20.0 Å². The van der Waals surface area contributed by atoms with Crippen molar-refractivity contribution in [3.8, 4) is 0 Å². The summed E-state index contributed by atoms with van der Waals surface area (Å²) < 4.78 is 6.99. The number of hydrogen-bond donors (Lipinski definition) is 4. The number of thiazole rings is 1. The third-order valence-electron chi connectivity index (χ3n) is 4.15. The lowest BCUT2D eigenvalue weighted by molar-refractivity contribution is -0.0766. The van der Waals surface area contributed by atoms with Crippen molar-refractivity contribution in [1.82, 2.24) is 14.5 Å². The van der Waals surface area contributed by atoms with Crippen LogP contribution in [0.3, 0.4) is 0 Å². The van der Waals surface area contributed by atoms with Crippen LogP contribution in [0, 0.1) is 0 Å². The molecule has 2 aromatic rings. The van der Waals surface area contributed by atoms with E-state index in [1.807, 2.05) is 6.92 Å². The Morgan fingerprint density at radius 3 is 3.00 bits per heavy atom. The quantitative estimate of drug-likeness (QED) is 0.587. The van der Waals surface area contributed by atoms with Crippen LogP contribution >= 0.6 is 11.3 Å². The zero-order chi connectivity index (χ0) is 17.4. The molecule has 2 aromatic heterocycles. The number of nitrogens with zero attached hydrogens (tertiary/aromatic N) is 2. The topological polar surface area (TPSA) is 143 Å². The summed E-state index contributed by atoms with van der Waals surface area (Å²) in [5.41, 5.74) is 5.12. The summed E-state index contributed by atoms with van der Waals surface area (Å²) >= 11 is 0.718. The molecule has 0 radical (unpaired) electrons. The van der Waals surface area contributed by atoms with Gasteiger partial charge >= 0.3 is 4.87 Å². The summed E-state index contributed by atoms with van der Waals surface area (Å²) in [6.45, 7) is 2.02. The van der Waals surface area contributed by atoms with Gasteiger partial charge in [-0.15, -0.1) is 0 Å². The first kappa shape index (κ1) is 17.1. The number of aromatic nitrogens is 3. The first-order valence-corrected chi connectivity index (χ1v) is 8.66. The molecule has 0 saturated carbocycles. The predicted molar refractivity (Wildman–Crippen MR) is 89.0 cm³/mol. The van der Waals surface area contributed by atoms with Crippen molar-refractivity contribution in [1.29, 1.82) is 0 Å². The van der Waals surface area contributed by atoms with Crippen molar-refractivity contribution in [2.45, 2.75) is 57.1 Å². The minimum Gasteiger partial charge on any atom is -0.390 e. The van der Waals surface area contributed by atoms with E-state index in [2.05, 4.69) is 9.97 Å². The maximum Gasteiger partial charge on any atom is 0.311 e. The van der Waals surface area contributed by atoms with Crippen molar-refractivity contribution >= 4 is 27.6 Å². The Morgan fingerprint density at radius 2 is 2.29 bits per heavy atom. The molecule has 1 unspecified atom stereocenters. The number of nitrogens with two attached hydrogens (primary N) is 1. The molecule has 9 nitrogen and oxygen atoms in total. The number of hydrogen-bond acceptors (Lipinski definition) is 8. The Kier molecular flexibility index (Phi) is 4.72. The second-order valence-electron chi connectivity index (χ2n) is 5.92. The molecule has 0 bridgehead atoms. The third kappa shape index (κ3) is 2.97. The van der Waals surface area contributed by atoms with Crippen LogP contribution < -0.4 is 16.2 Å². The molecule has 3 rings (SSSR count). The van der Waals surface area contributed by atoms with Gasteiger partial charge in [0.15, 0.2) is 11.9 Å². The number of fused-ring (bicyclic) bond motifs is 1. The highest BCUT2D eigenvalue weighted by atomic mass is 32.1. The lowest BCUT2D eigenvalue weighted by atomic mass is 10.0. The first-order valence-electron chi connectivity index (χ1n) is 7.84. The largest absolute Gasteiger partial charge is 0.390 e. The Hall–Kier alpha value is -1.75. The minimum absolute atomic E-state index is 0.0824. The number of aliphatic hydroxyl groups is 2. The highest BCUT2D eigenvalue weighted by molar-refractivity contribution is 7.16. The van der Waals surface area contributed by atoms with Crippen LogP contribution in [0.5, 0.6) is 0 Å². The third-order valence-corrected chi connectivity index (χ3v) is 5.09. The standard InChI is InChI=1S/C14H20N4O5S/c1-2-3-4-6(19)8-5-7(20)12(23-8)18-10-9(24-14(18)22)11(21)17-13(15)16-10/h6-8,12,19-20H,2-5H2,1H3,(H3,15,16,17,21)/t6?,7-,8+,12-/m1/s1. The van der Waals surface area contributed by atoms with E-state index in [0.29, 0.717) is 6.42 Å².